The number of hydrogen-bond acceptors (Lipinski definition) is 6. The minimum atomic E-state index is -3.63. The summed E-state index contributed by atoms with van der Waals surface area (Å²) in [5, 5.41) is 2.57. The maximum atomic E-state index is 12.4. The molecule has 0 aliphatic heterocycles. The molecule has 1 amide bonds. The zero-order valence-electron chi connectivity index (χ0n) is 15.9. The number of ether oxygens (including phenoxy) is 1. The number of esters is 1. The van der Waals surface area contributed by atoms with Gasteiger partial charge in [-0.25, -0.2) is 17.5 Å². The van der Waals surface area contributed by atoms with Crippen molar-refractivity contribution < 1.29 is 22.7 Å². The Labute approximate surface area is 168 Å². The standard InChI is InChI=1S/C19H22N2O5S2/c1-12-7-8-14(10-17(12)28(24,25)21(2)3)20-18(22)11-26-19(23)16-9-13-5-4-6-15(13)27-16/h7-10H,4-6,11H2,1-3H3,(H,20,22). The third-order valence-corrected chi connectivity index (χ3v) is 7.69. The van der Waals surface area contributed by atoms with Crippen LogP contribution in [-0.2, 0) is 32.4 Å². The van der Waals surface area contributed by atoms with E-state index in [0.29, 0.717) is 16.1 Å². The Bertz CT molecular complexity index is 1000. The van der Waals surface area contributed by atoms with E-state index in [-0.39, 0.29) is 4.90 Å². The number of thiophene rings is 1. The molecule has 28 heavy (non-hydrogen) atoms. The van der Waals surface area contributed by atoms with Crippen LogP contribution in [-0.4, -0.2) is 45.3 Å². The quantitative estimate of drug-likeness (QED) is 0.723. The van der Waals surface area contributed by atoms with Crippen LogP contribution in [0.1, 0.15) is 32.1 Å². The van der Waals surface area contributed by atoms with Crippen molar-refractivity contribution in [1.82, 2.24) is 4.31 Å². The molecule has 1 N–H and O–H groups in total. The number of aryl methyl sites for hydroxylation is 3. The molecule has 0 radical (unpaired) electrons. The Kier molecular flexibility index (Phi) is 5.87. The summed E-state index contributed by atoms with van der Waals surface area (Å²) >= 11 is 1.42. The molecular formula is C19H22N2O5S2. The second kappa shape index (κ2) is 8.02. The lowest BCUT2D eigenvalue weighted by Gasteiger charge is -2.15. The lowest BCUT2D eigenvalue weighted by atomic mass is 10.2. The predicted octanol–water partition coefficient (Wildman–Crippen LogP) is 2.59. The van der Waals surface area contributed by atoms with Crippen LogP contribution in [0, 0.1) is 6.92 Å². The van der Waals surface area contributed by atoms with E-state index >= 15 is 0 Å². The van der Waals surface area contributed by atoms with Crippen molar-refractivity contribution in [2.24, 2.45) is 0 Å². The highest BCUT2D eigenvalue weighted by molar-refractivity contribution is 7.89. The SMILES string of the molecule is Cc1ccc(NC(=O)COC(=O)c2cc3c(s2)CCC3)cc1S(=O)(=O)N(C)C. The van der Waals surface area contributed by atoms with E-state index in [4.69, 9.17) is 4.74 Å². The van der Waals surface area contributed by atoms with Gasteiger partial charge in [-0.3, -0.25) is 4.79 Å². The Morgan fingerprint density at radius 3 is 2.64 bits per heavy atom. The average Bonchev–Trinajstić information content (AvgIpc) is 3.23. The van der Waals surface area contributed by atoms with Gasteiger partial charge in [0.25, 0.3) is 5.91 Å². The van der Waals surface area contributed by atoms with Crippen molar-refractivity contribution >= 4 is 38.9 Å². The number of benzene rings is 1. The number of rotatable bonds is 6. The normalized spacial score (nSPS) is 13.4. The molecule has 7 nitrogen and oxygen atoms in total. The lowest BCUT2D eigenvalue weighted by molar-refractivity contribution is -0.119. The van der Waals surface area contributed by atoms with Crippen molar-refractivity contribution in [1.29, 1.82) is 0 Å². The molecule has 2 aromatic rings. The number of hydrogen-bond donors (Lipinski definition) is 1. The smallest absolute Gasteiger partial charge is 0.348 e. The zero-order valence-corrected chi connectivity index (χ0v) is 17.6. The monoisotopic (exact) mass is 422 g/mol. The third-order valence-electron chi connectivity index (χ3n) is 4.51. The van der Waals surface area contributed by atoms with E-state index in [1.165, 1.54) is 41.9 Å². The summed E-state index contributed by atoms with van der Waals surface area (Å²) in [7, 11) is -0.740. The topological polar surface area (TPSA) is 92.8 Å². The van der Waals surface area contributed by atoms with Crippen LogP contribution in [0.4, 0.5) is 5.69 Å². The summed E-state index contributed by atoms with van der Waals surface area (Å²) in [5.41, 5.74) is 2.08. The molecule has 0 spiro atoms. The number of nitrogens with one attached hydrogen (secondary N) is 1. The summed E-state index contributed by atoms with van der Waals surface area (Å²) < 4.78 is 30.9. The van der Waals surface area contributed by atoms with Gasteiger partial charge in [0.15, 0.2) is 6.61 Å². The van der Waals surface area contributed by atoms with E-state index in [9.17, 15) is 18.0 Å². The van der Waals surface area contributed by atoms with Crippen molar-refractivity contribution in [2.45, 2.75) is 31.1 Å². The van der Waals surface area contributed by atoms with E-state index in [0.717, 1.165) is 23.6 Å². The van der Waals surface area contributed by atoms with Crippen LogP contribution in [0.3, 0.4) is 0 Å². The van der Waals surface area contributed by atoms with E-state index in [2.05, 4.69) is 5.32 Å². The van der Waals surface area contributed by atoms with Crippen LogP contribution in [0.15, 0.2) is 29.2 Å². The average molecular weight is 423 g/mol. The molecule has 3 rings (SSSR count). The first kappa shape index (κ1) is 20.5. The van der Waals surface area contributed by atoms with Crippen molar-refractivity contribution in [3.8, 4) is 0 Å². The summed E-state index contributed by atoms with van der Waals surface area (Å²) in [6.45, 7) is 1.24. The number of nitrogens with zero attached hydrogens (tertiary/aromatic N) is 1. The minimum absolute atomic E-state index is 0.111. The molecule has 1 aliphatic carbocycles. The second-order valence-electron chi connectivity index (χ2n) is 6.80. The highest BCUT2D eigenvalue weighted by Gasteiger charge is 2.22. The Morgan fingerprint density at radius 2 is 1.96 bits per heavy atom. The molecule has 1 aromatic heterocycles. The van der Waals surface area contributed by atoms with E-state index in [1.54, 1.807) is 19.1 Å². The lowest BCUT2D eigenvalue weighted by Crippen LogP contribution is -2.24. The van der Waals surface area contributed by atoms with Crippen molar-refractivity contribution in [3.05, 3.63) is 45.1 Å². The first-order chi connectivity index (χ1) is 13.2. The highest BCUT2D eigenvalue weighted by atomic mass is 32.2. The molecule has 150 valence electrons. The molecular weight excluding hydrogens is 400 g/mol. The number of carbonyl (C=O) groups is 2. The van der Waals surface area contributed by atoms with Gasteiger partial charge in [-0.05, 0) is 55.5 Å². The molecule has 0 atom stereocenters. The Balaban J connectivity index is 1.62. The fourth-order valence-electron chi connectivity index (χ4n) is 2.98. The number of anilines is 1. The molecule has 1 aromatic carbocycles. The highest BCUT2D eigenvalue weighted by Crippen LogP contribution is 2.31. The van der Waals surface area contributed by atoms with Crippen LogP contribution >= 0.6 is 11.3 Å². The van der Waals surface area contributed by atoms with E-state index < -0.39 is 28.5 Å². The van der Waals surface area contributed by atoms with Crippen molar-refractivity contribution in [2.75, 3.05) is 26.0 Å². The molecule has 0 fully saturated rings. The molecule has 9 heteroatoms. The molecule has 1 heterocycles. The Hall–Kier alpha value is -2.23. The maximum Gasteiger partial charge on any atom is 0.348 e. The van der Waals surface area contributed by atoms with Crippen LogP contribution in [0.25, 0.3) is 0 Å². The van der Waals surface area contributed by atoms with Gasteiger partial charge in [0.2, 0.25) is 10.0 Å². The second-order valence-corrected chi connectivity index (χ2v) is 10.1. The fourth-order valence-corrected chi connectivity index (χ4v) is 5.27. The van der Waals surface area contributed by atoms with Gasteiger partial charge in [0, 0.05) is 24.7 Å². The van der Waals surface area contributed by atoms with Crippen molar-refractivity contribution in [3.63, 3.8) is 0 Å². The molecule has 0 saturated heterocycles. The van der Waals surface area contributed by atoms with Gasteiger partial charge in [-0.1, -0.05) is 6.07 Å². The van der Waals surface area contributed by atoms with Crippen LogP contribution in [0.5, 0.6) is 0 Å². The zero-order chi connectivity index (χ0) is 20.5. The summed E-state index contributed by atoms with van der Waals surface area (Å²) in [6, 6.07) is 6.46. The fraction of sp³-hybridized carbons (Fsp3) is 0.368. The first-order valence-corrected chi connectivity index (χ1v) is 11.1. The van der Waals surface area contributed by atoms with Gasteiger partial charge >= 0.3 is 5.97 Å². The number of amides is 1. The van der Waals surface area contributed by atoms with Gasteiger partial charge in [-0.15, -0.1) is 11.3 Å². The van der Waals surface area contributed by atoms with Crippen LogP contribution < -0.4 is 5.32 Å². The molecule has 0 bridgehead atoms. The van der Waals surface area contributed by atoms with Gasteiger partial charge < -0.3 is 10.1 Å². The third kappa shape index (κ3) is 4.26. The van der Waals surface area contributed by atoms with E-state index in [1.807, 2.05) is 6.07 Å². The maximum absolute atomic E-state index is 12.4. The number of fused-ring (bicyclic) bond motifs is 1. The predicted molar refractivity (Wildman–Crippen MR) is 107 cm³/mol. The summed E-state index contributed by atoms with van der Waals surface area (Å²) in [6.07, 6.45) is 3.07. The largest absolute Gasteiger partial charge is 0.451 e. The summed E-state index contributed by atoms with van der Waals surface area (Å²) in [4.78, 5) is 26.1. The molecule has 0 unspecified atom stereocenters. The molecule has 0 saturated carbocycles. The van der Waals surface area contributed by atoms with Crippen LogP contribution in [0.2, 0.25) is 0 Å². The summed E-state index contributed by atoms with van der Waals surface area (Å²) in [5.74, 6) is -1.05. The Morgan fingerprint density at radius 1 is 1.21 bits per heavy atom. The van der Waals surface area contributed by atoms with Gasteiger partial charge in [0.1, 0.15) is 4.88 Å². The minimum Gasteiger partial charge on any atom is -0.451 e. The number of sulfonamides is 1. The van der Waals surface area contributed by atoms with Gasteiger partial charge in [0.05, 0.1) is 4.90 Å². The number of carbonyl (C=O) groups excluding carboxylic acids is 2. The van der Waals surface area contributed by atoms with Gasteiger partial charge in [-0.2, -0.15) is 0 Å². The first-order valence-electron chi connectivity index (χ1n) is 8.80. The molecule has 1 aliphatic rings.